The summed E-state index contributed by atoms with van der Waals surface area (Å²) in [6, 6.07) is 3.38. The molecule has 0 amide bonds. The molecule has 1 rings (SSSR count). The highest BCUT2D eigenvalue weighted by Gasteiger charge is 2.09. The fourth-order valence-corrected chi connectivity index (χ4v) is 1.71. The van der Waals surface area contributed by atoms with Crippen LogP contribution in [0.1, 0.15) is 5.56 Å². The third-order valence-corrected chi connectivity index (χ3v) is 3.08. The van der Waals surface area contributed by atoms with E-state index in [-0.39, 0.29) is 0 Å². The number of nitrogens with one attached hydrogen (secondary N) is 1. The topological polar surface area (TPSA) is 21.3 Å². The standard InChI is InChI=1S/C10H12Cl3NO/c1-14-4-5-15-6-7-8(11)2-3-9(12)10(7)13/h2-3,14H,4-6H2,1H3. The van der Waals surface area contributed by atoms with Crippen molar-refractivity contribution >= 4 is 34.8 Å². The van der Waals surface area contributed by atoms with Gasteiger partial charge in [0.2, 0.25) is 0 Å². The van der Waals surface area contributed by atoms with Gasteiger partial charge < -0.3 is 10.1 Å². The maximum atomic E-state index is 6.00. The van der Waals surface area contributed by atoms with E-state index in [1.54, 1.807) is 12.1 Å². The molecule has 84 valence electrons. The summed E-state index contributed by atoms with van der Waals surface area (Å²) in [5, 5.41) is 4.52. The fourth-order valence-electron chi connectivity index (χ4n) is 1.05. The van der Waals surface area contributed by atoms with Crippen molar-refractivity contribution in [3.63, 3.8) is 0 Å². The van der Waals surface area contributed by atoms with Crippen LogP contribution in [-0.2, 0) is 11.3 Å². The van der Waals surface area contributed by atoms with E-state index in [0.29, 0.717) is 28.3 Å². The Morgan fingerprint density at radius 3 is 2.53 bits per heavy atom. The van der Waals surface area contributed by atoms with Gasteiger partial charge in [0.1, 0.15) is 0 Å². The Bertz CT molecular complexity index is 331. The van der Waals surface area contributed by atoms with Crippen molar-refractivity contribution in [1.82, 2.24) is 5.32 Å². The molecule has 1 aromatic rings. The molecule has 0 aliphatic heterocycles. The SMILES string of the molecule is CNCCOCc1c(Cl)ccc(Cl)c1Cl. The zero-order valence-electron chi connectivity index (χ0n) is 8.32. The molecule has 0 bridgehead atoms. The first-order valence-corrected chi connectivity index (χ1v) is 5.65. The molecule has 1 aromatic carbocycles. The van der Waals surface area contributed by atoms with Crippen molar-refractivity contribution in [3.8, 4) is 0 Å². The van der Waals surface area contributed by atoms with Crippen LogP contribution in [0.2, 0.25) is 15.1 Å². The summed E-state index contributed by atoms with van der Waals surface area (Å²) in [5.74, 6) is 0. The summed E-state index contributed by atoms with van der Waals surface area (Å²) in [5.41, 5.74) is 0.738. The second kappa shape index (κ2) is 6.56. The minimum absolute atomic E-state index is 0.375. The molecule has 0 unspecified atom stereocenters. The zero-order chi connectivity index (χ0) is 11.3. The van der Waals surface area contributed by atoms with Gasteiger partial charge in [0, 0.05) is 17.1 Å². The van der Waals surface area contributed by atoms with Crippen LogP contribution in [-0.4, -0.2) is 20.2 Å². The first-order chi connectivity index (χ1) is 7.16. The monoisotopic (exact) mass is 267 g/mol. The number of likely N-dealkylation sites (N-methyl/N-ethyl adjacent to an activating group) is 1. The zero-order valence-corrected chi connectivity index (χ0v) is 10.6. The molecule has 0 atom stereocenters. The number of benzene rings is 1. The number of hydrogen-bond donors (Lipinski definition) is 1. The van der Waals surface area contributed by atoms with E-state index in [0.717, 1.165) is 12.1 Å². The van der Waals surface area contributed by atoms with E-state index in [9.17, 15) is 0 Å². The van der Waals surface area contributed by atoms with Crippen LogP contribution >= 0.6 is 34.8 Å². The lowest BCUT2D eigenvalue weighted by molar-refractivity contribution is 0.124. The molecule has 0 saturated heterocycles. The third kappa shape index (κ3) is 3.82. The summed E-state index contributed by atoms with van der Waals surface area (Å²) in [6.07, 6.45) is 0. The Morgan fingerprint density at radius 2 is 1.87 bits per heavy atom. The largest absolute Gasteiger partial charge is 0.375 e. The first kappa shape index (κ1) is 13.1. The van der Waals surface area contributed by atoms with Crippen molar-refractivity contribution < 1.29 is 4.74 Å². The maximum absolute atomic E-state index is 6.00. The molecule has 0 aromatic heterocycles. The Labute approximate surface area is 104 Å². The summed E-state index contributed by atoms with van der Waals surface area (Å²) >= 11 is 17.8. The van der Waals surface area contributed by atoms with Crippen LogP contribution in [0.5, 0.6) is 0 Å². The number of hydrogen-bond acceptors (Lipinski definition) is 2. The molecule has 0 saturated carbocycles. The molecule has 15 heavy (non-hydrogen) atoms. The number of rotatable bonds is 5. The van der Waals surface area contributed by atoms with E-state index >= 15 is 0 Å². The lowest BCUT2D eigenvalue weighted by atomic mass is 10.2. The molecule has 0 radical (unpaired) electrons. The smallest absolute Gasteiger partial charge is 0.0747 e. The number of halogens is 3. The Morgan fingerprint density at radius 1 is 1.20 bits per heavy atom. The molecule has 1 N–H and O–H groups in total. The van der Waals surface area contributed by atoms with Crippen LogP contribution in [0, 0.1) is 0 Å². The predicted octanol–water partition coefficient (Wildman–Crippen LogP) is 3.38. The van der Waals surface area contributed by atoms with Crippen molar-refractivity contribution in [2.45, 2.75) is 6.61 Å². The van der Waals surface area contributed by atoms with Gasteiger partial charge in [-0.25, -0.2) is 0 Å². The van der Waals surface area contributed by atoms with Gasteiger partial charge >= 0.3 is 0 Å². The van der Waals surface area contributed by atoms with E-state index in [4.69, 9.17) is 39.5 Å². The summed E-state index contributed by atoms with van der Waals surface area (Å²) < 4.78 is 5.39. The quantitative estimate of drug-likeness (QED) is 0.653. The Kier molecular flexibility index (Phi) is 5.72. The molecular formula is C10H12Cl3NO. The Hall–Kier alpha value is 0.01000. The average Bonchev–Trinajstić information content (AvgIpc) is 2.23. The van der Waals surface area contributed by atoms with E-state index < -0.39 is 0 Å². The Balaban J connectivity index is 2.63. The van der Waals surface area contributed by atoms with Gasteiger partial charge in [-0.15, -0.1) is 0 Å². The summed E-state index contributed by atoms with van der Waals surface area (Å²) in [7, 11) is 1.86. The summed E-state index contributed by atoms with van der Waals surface area (Å²) in [4.78, 5) is 0. The van der Waals surface area contributed by atoms with Crippen molar-refractivity contribution in [1.29, 1.82) is 0 Å². The second-order valence-electron chi connectivity index (χ2n) is 2.98. The molecule has 0 fully saturated rings. The minimum atomic E-state index is 0.375. The molecule has 0 heterocycles. The van der Waals surface area contributed by atoms with Gasteiger partial charge in [-0.2, -0.15) is 0 Å². The van der Waals surface area contributed by atoms with Gasteiger partial charge in [-0.1, -0.05) is 34.8 Å². The molecule has 0 aliphatic carbocycles. The molecule has 0 spiro atoms. The van der Waals surface area contributed by atoms with Crippen LogP contribution in [0.4, 0.5) is 0 Å². The molecular weight excluding hydrogens is 256 g/mol. The van der Waals surface area contributed by atoms with E-state index in [1.165, 1.54) is 0 Å². The van der Waals surface area contributed by atoms with Gasteiger partial charge in [-0.05, 0) is 19.2 Å². The minimum Gasteiger partial charge on any atom is -0.375 e. The highest BCUT2D eigenvalue weighted by atomic mass is 35.5. The predicted molar refractivity (Wildman–Crippen MR) is 65.1 cm³/mol. The van der Waals surface area contributed by atoms with Gasteiger partial charge in [0.25, 0.3) is 0 Å². The highest BCUT2D eigenvalue weighted by molar-refractivity contribution is 6.44. The average molecular weight is 269 g/mol. The number of ether oxygens (including phenoxy) is 1. The van der Waals surface area contributed by atoms with E-state index in [1.807, 2.05) is 7.05 Å². The fraction of sp³-hybridized carbons (Fsp3) is 0.400. The second-order valence-corrected chi connectivity index (χ2v) is 4.17. The lowest BCUT2D eigenvalue weighted by Gasteiger charge is -2.09. The van der Waals surface area contributed by atoms with Crippen molar-refractivity contribution in [2.24, 2.45) is 0 Å². The normalized spacial score (nSPS) is 10.7. The third-order valence-electron chi connectivity index (χ3n) is 1.88. The van der Waals surface area contributed by atoms with Crippen LogP contribution in [0.3, 0.4) is 0 Å². The molecule has 2 nitrogen and oxygen atoms in total. The maximum Gasteiger partial charge on any atom is 0.0747 e. The van der Waals surface area contributed by atoms with Gasteiger partial charge in [0.15, 0.2) is 0 Å². The molecule has 0 aliphatic rings. The molecule has 5 heteroatoms. The highest BCUT2D eigenvalue weighted by Crippen LogP contribution is 2.31. The lowest BCUT2D eigenvalue weighted by Crippen LogP contribution is -2.14. The van der Waals surface area contributed by atoms with Crippen LogP contribution < -0.4 is 5.32 Å². The summed E-state index contributed by atoms with van der Waals surface area (Å²) in [6.45, 7) is 1.77. The van der Waals surface area contributed by atoms with Crippen molar-refractivity contribution in [3.05, 3.63) is 32.8 Å². The van der Waals surface area contributed by atoms with Gasteiger partial charge in [-0.3, -0.25) is 0 Å². The van der Waals surface area contributed by atoms with Crippen LogP contribution in [0.25, 0.3) is 0 Å². The first-order valence-electron chi connectivity index (χ1n) is 4.51. The van der Waals surface area contributed by atoms with E-state index in [2.05, 4.69) is 5.32 Å². The van der Waals surface area contributed by atoms with Crippen molar-refractivity contribution in [2.75, 3.05) is 20.2 Å². The van der Waals surface area contributed by atoms with Crippen LogP contribution in [0.15, 0.2) is 12.1 Å². The van der Waals surface area contributed by atoms with Gasteiger partial charge in [0.05, 0.1) is 23.3 Å².